The van der Waals surface area contributed by atoms with Crippen LogP contribution >= 0.6 is 23.2 Å². The van der Waals surface area contributed by atoms with Gasteiger partial charge in [-0.2, -0.15) is 0 Å². The number of phenols is 1. The highest BCUT2D eigenvalue weighted by molar-refractivity contribution is 6.35. The molecule has 0 saturated heterocycles. The van der Waals surface area contributed by atoms with Crippen molar-refractivity contribution in [1.29, 1.82) is 0 Å². The van der Waals surface area contributed by atoms with E-state index < -0.39 is 0 Å². The molecule has 112 valence electrons. The first-order chi connectivity index (χ1) is 10.1. The number of benzene rings is 2. The summed E-state index contributed by atoms with van der Waals surface area (Å²) in [6.45, 7) is 2.68. The quantitative estimate of drug-likeness (QED) is 0.753. The number of hydrogen-bond donors (Lipinski definition) is 2. The molecule has 0 amide bonds. The minimum Gasteiger partial charge on any atom is -0.506 e. The van der Waals surface area contributed by atoms with Crippen molar-refractivity contribution in [2.24, 2.45) is 0 Å². The third-order valence-corrected chi connectivity index (χ3v) is 3.93. The summed E-state index contributed by atoms with van der Waals surface area (Å²) in [6, 6.07) is 13.8. The topological polar surface area (TPSA) is 32.3 Å². The van der Waals surface area contributed by atoms with E-state index in [0.29, 0.717) is 17.1 Å². The van der Waals surface area contributed by atoms with Gasteiger partial charge in [-0.25, -0.2) is 0 Å². The lowest BCUT2D eigenvalue weighted by molar-refractivity contribution is 0.450. The van der Waals surface area contributed by atoms with Crippen molar-refractivity contribution in [1.82, 2.24) is 5.32 Å². The molecule has 21 heavy (non-hydrogen) atoms. The Morgan fingerprint density at radius 3 is 2.52 bits per heavy atom. The largest absolute Gasteiger partial charge is 0.506 e. The minimum atomic E-state index is 0.0943. The van der Waals surface area contributed by atoms with Gasteiger partial charge in [0.05, 0.1) is 5.02 Å². The van der Waals surface area contributed by atoms with E-state index in [1.54, 1.807) is 12.1 Å². The molecular weight excluding hydrogens is 305 g/mol. The van der Waals surface area contributed by atoms with E-state index in [9.17, 15) is 5.11 Å². The molecule has 2 aromatic rings. The highest BCUT2D eigenvalue weighted by atomic mass is 35.5. The summed E-state index contributed by atoms with van der Waals surface area (Å²) in [6.07, 6.45) is 2.11. The van der Waals surface area contributed by atoms with Crippen molar-refractivity contribution < 1.29 is 5.11 Å². The molecule has 0 heterocycles. The lowest BCUT2D eigenvalue weighted by Crippen LogP contribution is -2.20. The number of aromatic hydroxyl groups is 1. The maximum atomic E-state index is 10.0. The van der Waals surface area contributed by atoms with E-state index >= 15 is 0 Å². The maximum absolute atomic E-state index is 10.0. The Kier molecular flexibility index (Phi) is 5.92. The van der Waals surface area contributed by atoms with Crippen LogP contribution in [-0.2, 0) is 6.54 Å². The molecule has 0 aliphatic rings. The average molecular weight is 324 g/mol. The van der Waals surface area contributed by atoms with E-state index in [-0.39, 0.29) is 16.8 Å². The highest BCUT2D eigenvalue weighted by Crippen LogP contribution is 2.31. The Bertz CT molecular complexity index is 587. The van der Waals surface area contributed by atoms with Gasteiger partial charge in [0.25, 0.3) is 0 Å². The predicted octanol–water partition coefficient (Wildman–Crippen LogP) is 5.33. The summed E-state index contributed by atoms with van der Waals surface area (Å²) in [4.78, 5) is 0. The summed E-state index contributed by atoms with van der Waals surface area (Å²) < 4.78 is 0. The van der Waals surface area contributed by atoms with Crippen LogP contribution in [0, 0.1) is 0 Å². The summed E-state index contributed by atoms with van der Waals surface area (Å²) in [5.74, 6) is 0.0943. The molecule has 0 fully saturated rings. The molecule has 0 spiro atoms. The van der Waals surface area contributed by atoms with Gasteiger partial charge in [0.1, 0.15) is 5.75 Å². The molecule has 0 radical (unpaired) electrons. The molecule has 1 unspecified atom stereocenters. The van der Waals surface area contributed by atoms with Gasteiger partial charge in [0.2, 0.25) is 0 Å². The first-order valence-corrected chi connectivity index (χ1v) is 7.82. The van der Waals surface area contributed by atoms with Crippen LogP contribution in [0.4, 0.5) is 0 Å². The Hall–Kier alpha value is -1.22. The normalized spacial score (nSPS) is 12.3. The van der Waals surface area contributed by atoms with Gasteiger partial charge < -0.3 is 10.4 Å². The van der Waals surface area contributed by atoms with E-state index in [0.717, 1.165) is 12.8 Å². The Morgan fingerprint density at radius 1 is 1.14 bits per heavy atom. The fourth-order valence-corrected chi connectivity index (χ4v) is 2.88. The van der Waals surface area contributed by atoms with Gasteiger partial charge in [-0.1, -0.05) is 66.9 Å². The van der Waals surface area contributed by atoms with Gasteiger partial charge in [-0.3, -0.25) is 0 Å². The molecule has 4 heteroatoms. The zero-order valence-electron chi connectivity index (χ0n) is 11.9. The van der Waals surface area contributed by atoms with E-state index in [1.807, 2.05) is 18.2 Å². The number of hydrogen-bond acceptors (Lipinski definition) is 2. The summed E-state index contributed by atoms with van der Waals surface area (Å²) in [7, 11) is 0. The Balaban J connectivity index is 2.12. The van der Waals surface area contributed by atoms with Crippen molar-refractivity contribution in [3.63, 3.8) is 0 Å². The maximum Gasteiger partial charge on any atom is 0.138 e. The van der Waals surface area contributed by atoms with Crippen LogP contribution in [0.25, 0.3) is 0 Å². The highest BCUT2D eigenvalue weighted by Gasteiger charge is 2.12. The smallest absolute Gasteiger partial charge is 0.138 e. The van der Waals surface area contributed by atoms with Crippen molar-refractivity contribution in [3.05, 3.63) is 63.6 Å². The van der Waals surface area contributed by atoms with Crippen LogP contribution in [-0.4, -0.2) is 5.11 Å². The fourth-order valence-electron chi connectivity index (χ4n) is 2.35. The lowest BCUT2D eigenvalue weighted by atomic mass is 10.0. The Morgan fingerprint density at radius 2 is 1.86 bits per heavy atom. The van der Waals surface area contributed by atoms with Crippen LogP contribution in [0.1, 0.15) is 36.9 Å². The van der Waals surface area contributed by atoms with Crippen LogP contribution in [0.15, 0.2) is 42.5 Å². The molecule has 1 atom stereocenters. The number of halogens is 2. The third kappa shape index (κ3) is 4.37. The molecule has 0 bridgehead atoms. The number of nitrogens with one attached hydrogen (secondary N) is 1. The molecule has 0 aliphatic heterocycles. The van der Waals surface area contributed by atoms with Crippen molar-refractivity contribution in [2.75, 3.05) is 0 Å². The number of phenolic OH excluding ortho intramolecular Hbond substituents is 1. The summed E-state index contributed by atoms with van der Waals surface area (Å²) in [5, 5.41) is 14.3. The third-order valence-electron chi connectivity index (χ3n) is 3.43. The van der Waals surface area contributed by atoms with Gasteiger partial charge in [-0.05, 0) is 24.1 Å². The second-order valence-corrected chi connectivity index (χ2v) is 5.87. The van der Waals surface area contributed by atoms with Gasteiger partial charge in [-0.15, -0.1) is 0 Å². The molecule has 0 aliphatic carbocycles. The van der Waals surface area contributed by atoms with Crippen molar-refractivity contribution >= 4 is 23.2 Å². The average Bonchev–Trinajstić information content (AvgIpc) is 2.49. The van der Waals surface area contributed by atoms with Crippen LogP contribution < -0.4 is 5.32 Å². The SMILES string of the molecule is CCCC(NCc1cc(Cl)cc(Cl)c1O)c1ccccc1. The second kappa shape index (κ2) is 7.69. The minimum absolute atomic E-state index is 0.0943. The first-order valence-electron chi connectivity index (χ1n) is 7.07. The molecule has 2 aromatic carbocycles. The van der Waals surface area contributed by atoms with E-state index in [1.165, 1.54) is 5.56 Å². The van der Waals surface area contributed by atoms with Crippen molar-refractivity contribution in [2.45, 2.75) is 32.4 Å². The zero-order chi connectivity index (χ0) is 15.2. The zero-order valence-corrected chi connectivity index (χ0v) is 13.5. The van der Waals surface area contributed by atoms with Crippen LogP contribution in [0.2, 0.25) is 10.0 Å². The molecule has 2 N–H and O–H groups in total. The lowest BCUT2D eigenvalue weighted by Gasteiger charge is -2.19. The Labute approximate surface area is 135 Å². The molecule has 2 nitrogen and oxygen atoms in total. The van der Waals surface area contributed by atoms with E-state index in [2.05, 4.69) is 24.4 Å². The monoisotopic (exact) mass is 323 g/mol. The fraction of sp³-hybridized carbons (Fsp3) is 0.294. The number of rotatable bonds is 6. The summed E-state index contributed by atoms with van der Waals surface area (Å²) in [5.41, 5.74) is 1.96. The van der Waals surface area contributed by atoms with Gasteiger partial charge >= 0.3 is 0 Å². The molecule has 0 saturated carbocycles. The molecule has 0 aromatic heterocycles. The summed E-state index contributed by atoms with van der Waals surface area (Å²) >= 11 is 11.9. The van der Waals surface area contributed by atoms with Crippen LogP contribution in [0.5, 0.6) is 5.75 Å². The van der Waals surface area contributed by atoms with Gasteiger partial charge in [0, 0.05) is 23.2 Å². The predicted molar refractivity (Wildman–Crippen MR) is 89.1 cm³/mol. The molecule has 2 rings (SSSR count). The standard InChI is InChI=1S/C17H19Cl2NO/c1-2-6-16(12-7-4-3-5-8-12)20-11-13-9-14(18)10-15(19)17(13)21/h3-5,7-10,16,20-21H,2,6,11H2,1H3. The second-order valence-electron chi connectivity index (χ2n) is 5.03. The molecular formula is C17H19Cl2NO. The van der Waals surface area contributed by atoms with Crippen LogP contribution in [0.3, 0.4) is 0 Å². The van der Waals surface area contributed by atoms with Crippen molar-refractivity contribution in [3.8, 4) is 5.75 Å². The first kappa shape index (κ1) is 16.2. The van der Waals surface area contributed by atoms with Gasteiger partial charge in [0.15, 0.2) is 0 Å². The van der Waals surface area contributed by atoms with E-state index in [4.69, 9.17) is 23.2 Å².